The summed E-state index contributed by atoms with van der Waals surface area (Å²) in [5, 5.41) is 6.15. The molecule has 1 fully saturated rings. The summed E-state index contributed by atoms with van der Waals surface area (Å²) in [4.78, 5) is 46.1. The second-order valence-corrected chi connectivity index (χ2v) is 9.46. The highest BCUT2D eigenvalue weighted by Gasteiger charge is 2.29. The number of rotatable bonds is 6. The van der Waals surface area contributed by atoms with Gasteiger partial charge in [-0.3, -0.25) is 14.6 Å². The molecule has 1 aromatic carbocycles. The number of nitrogens with one attached hydrogen (secondary N) is 3. The standard InChI is InChI=1S/C28H27FN8O3/c1-3-21(38)36-11-13-37(14-12-36)28-32-15-20-23(35-28)16(7-9-30-20)24-25(22-18(33-24)8-10-31-27(22)39)34-19-6-4-5-17(29)26(19)40-2/h3-7,9,15,33-34H,1,8,10-14H2,2H3,(H,31,39). The van der Waals surface area contributed by atoms with Crippen LogP contribution in [0.3, 0.4) is 0 Å². The van der Waals surface area contributed by atoms with Gasteiger partial charge >= 0.3 is 0 Å². The van der Waals surface area contributed by atoms with Crippen molar-refractivity contribution in [2.45, 2.75) is 6.42 Å². The highest BCUT2D eigenvalue weighted by molar-refractivity contribution is 6.08. The van der Waals surface area contributed by atoms with Crippen molar-refractivity contribution < 1.29 is 18.7 Å². The van der Waals surface area contributed by atoms with E-state index in [0.717, 1.165) is 5.69 Å². The first-order valence-corrected chi connectivity index (χ1v) is 12.9. The van der Waals surface area contributed by atoms with E-state index in [4.69, 9.17) is 9.72 Å². The number of carbonyl (C=O) groups is 2. The van der Waals surface area contributed by atoms with E-state index < -0.39 is 5.82 Å². The van der Waals surface area contributed by atoms with Crippen LogP contribution in [0.2, 0.25) is 0 Å². The van der Waals surface area contributed by atoms with Crippen molar-refractivity contribution in [1.82, 2.24) is 30.2 Å². The van der Waals surface area contributed by atoms with Crippen molar-refractivity contribution in [3.63, 3.8) is 0 Å². The minimum Gasteiger partial charge on any atom is -0.492 e. The van der Waals surface area contributed by atoms with Gasteiger partial charge in [0.15, 0.2) is 11.6 Å². The van der Waals surface area contributed by atoms with Crippen LogP contribution in [-0.4, -0.2) is 76.5 Å². The molecule has 204 valence electrons. The van der Waals surface area contributed by atoms with Gasteiger partial charge in [0.05, 0.1) is 35.9 Å². The summed E-state index contributed by atoms with van der Waals surface area (Å²) in [6.45, 7) is 6.28. The molecular formula is C28H27FN8O3. The summed E-state index contributed by atoms with van der Waals surface area (Å²) in [5.41, 5.74) is 4.57. The Morgan fingerprint density at radius 1 is 1.20 bits per heavy atom. The van der Waals surface area contributed by atoms with Crippen LogP contribution in [0.5, 0.6) is 5.75 Å². The van der Waals surface area contributed by atoms with Gasteiger partial charge in [0, 0.05) is 56.6 Å². The Kier molecular flexibility index (Phi) is 6.50. The average Bonchev–Trinajstić information content (AvgIpc) is 3.35. The molecule has 12 heteroatoms. The Hall–Kier alpha value is -5.00. The van der Waals surface area contributed by atoms with Crippen LogP contribution in [0.1, 0.15) is 16.1 Å². The Morgan fingerprint density at radius 3 is 2.80 bits per heavy atom. The fraction of sp³-hybridized carbons (Fsp3) is 0.250. The zero-order chi connectivity index (χ0) is 27.8. The number of piperazine rings is 1. The molecule has 3 aromatic heterocycles. The molecule has 0 spiro atoms. The smallest absolute Gasteiger partial charge is 0.255 e. The van der Waals surface area contributed by atoms with Gasteiger partial charge < -0.3 is 30.2 Å². The number of fused-ring (bicyclic) bond motifs is 2. The lowest BCUT2D eigenvalue weighted by atomic mass is 10.0. The molecule has 40 heavy (non-hydrogen) atoms. The molecule has 2 aliphatic heterocycles. The number of ether oxygens (including phenoxy) is 1. The van der Waals surface area contributed by atoms with Crippen LogP contribution in [0.4, 0.5) is 21.7 Å². The van der Waals surface area contributed by atoms with E-state index in [2.05, 4.69) is 32.2 Å². The highest BCUT2D eigenvalue weighted by atomic mass is 19.1. The Labute approximate surface area is 229 Å². The van der Waals surface area contributed by atoms with Crippen molar-refractivity contribution in [3.8, 4) is 17.0 Å². The molecule has 4 aromatic rings. The minimum atomic E-state index is -0.524. The molecule has 6 rings (SSSR count). The number of hydrogen-bond acceptors (Lipinski definition) is 8. The fourth-order valence-corrected chi connectivity index (χ4v) is 5.20. The van der Waals surface area contributed by atoms with Gasteiger partial charge in [-0.2, -0.15) is 0 Å². The lowest BCUT2D eigenvalue weighted by Gasteiger charge is -2.34. The summed E-state index contributed by atoms with van der Waals surface area (Å²) in [7, 11) is 1.39. The molecular weight excluding hydrogens is 515 g/mol. The number of carbonyl (C=O) groups excluding carboxylic acids is 2. The van der Waals surface area contributed by atoms with E-state index in [9.17, 15) is 14.0 Å². The van der Waals surface area contributed by atoms with E-state index >= 15 is 0 Å². The second-order valence-electron chi connectivity index (χ2n) is 9.46. The van der Waals surface area contributed by atoms with E-state index in [1.165, 1.54) is 19.3 Å². The molecule has 0 bridgehead atoms. The third-order valence-corrected chi connectivity index (χ3v) is 7.18. The number of nitrogens with zero attached hydrogens (tertiary/aromatic N) is 5. The summed E-state index contributed by atoms with van der Waals surface area (Å²) in [6.07, 6.45) is 5.25. The topological polar surface area (TPSA) is 128 Å². The molecule has 2 aliphatic rings. The molecule has 5 heterocycles. The number of aromatic nitrogens is 4. The lowest BCUT2D eigenvalue weighted by Crippen LogP contribution is -2.48. The van der Waals surface area contributed by atoms with Gasteiger partial charge in [-0.05, 0) is 24.3 Å². The number of amides is 2. The van der Waals surface area contributed by atoms with Crippen LogP contribution < -0.4 is 20.3 Å². The monoisotopic (exact) mass is 542 g/mol. The number of anilines is 3. The Balaban J connectivity index is 1.45. The largest absolute Gasteiger partial charge is 0.492 e. The van der Waals surface area contributed by atoms with E-state index in [0.29, 0.717) is 84.3 Å². The lowest BCUT2D eigenvalue weighted by molar-refractivity contribution is -0.126. The number of aromatic amines is 1. The molecule has 0 saturated carbocycles. The normalized spacial score (nSPS) is 15.0. The predicted octanol–water partition coefficient (Wildman–Crippen LogP) is 3.03. The van der Waals surface area contributed by atoms with Gasteiger partial charge in [0.1, 0.15) is 11.0 Å². The van der Waals surface area contributed by atoms with Gasteiger partial charge in [-0.25, -0.2) is 14.4 Å². The van der Waals surface area contributed by atoms with Crippen LogP contribution in [0.25, 0.3) is 22.3 Å². The predicted molar refractivity (Wildman–Crippen MR) is 148 cm³/mol. The van der Waals surface area contributed by atoms with E-state index in [1.807, 2.05) is 11.0 Å². The zero-order valence-corrected chi connectivity index (χ0v) is 21.8. The number of hydrogen-bond donors (Lipinski definition) is 3. The fourth-order valence-electron chi connectivity index (χ4n) is 5.20. The number of para-hydroxylation sites is 1. The molecule has 0 unspecified atom stereocenters. The maximum atomic E-state index is 14.5. The quantitative estimate of drug-likeness (QED) is 0.317. The van der Waals surface area contributed by atoms with Crippen LogP contribution in [-0.2, 0) is 11.2 Å². The summed E-state index contributed by atoms with van der Waals surface area (Å²) < 4.78 is 19.8. The molecule has 3 N–H and O–H groups in total. The first-order valence-electron chi connectivity index (χ1n) is 12.9. The first-order chi connectivity index (χ1) is 19.5. The van der Waals surface area contributed by atoms with Gasteiger partial charge in [0.25, 0.3) is 5.91 Å². The maximum absolute atomic E-state index is 14.5. The maximum Gasteiger partial charge on any atom is 0.255 e. The molecule has 0 aliphatic carbocycles. The van der Waals surface area contributed by atoms with E-state index in [-0.39, 0.29) is 17.6 Å². The third kappa shape index (κ3) is 4.36. The SMILES string of the molecule is C=CC(=O)N1CCN(c2ncc3nccc(-c4[nH]c5c(c4Nc4cccc(F)c4OC)C(=O)NCC5)c3n2)CC1. The molecule has 2 amide bonds. The van der Waals surface area contributed by atoms with Crippen molar-refractivity contribution in [2.75, 3.05) is 50.1 Å². The highest BCUT2D eigenvalue weighted by Crippen LogP contribution is 2.41. The van der Waals surface area contributed by atoms with Crippen LogP contribution in [0.15, 0.2) is 49.3 Å². The van der Waals surface area contributed by atoms with Crippen molar-refractivity contribution in [3.05, 3.63) is 66.4 Å². The number of H-pyrrole nitrogens is 1. The van der Waals surface area contributed by atoms with Crippen LogP contribution >= 0.6 is 0 Å². The van der Waals surface area contributed by atoms with Crippen molar-refractivity contribution >= 4 is 40.2 Å². The van der Waals surface area contributed by atoms with Crippen LogP contribution in [0, 0.1) is 5.82 Å². The third-order valence-electron chi connectivity index (χ3n) is 7.18. The Morgan fingerprint density at radius 2 is 2.02 bits per heavy atom. The molecule has 11 nitrogen and oxygen atoms in total. The second kappa shape index (κ2) is 10.3. The summed E-state index contributed by atoms with van der Waals surface area (Å²) in [6, 6.07) is 6.39. The molecule has 0 radical (unpaired) electrons. The van der Waals surface area contributed by atoms with Gasteiger partial charge in [-0.1, -0.05) is 12.6 Å². The number of halogens is 1. The first kappa shape index (κ1) is 25.3. The number of pyridine rings is 1. The zero-order valence-electron chi connectivity index (χ0n) is 21.8. The van der Waals surface area contributed by atoms with Gasteiger partial charge in [-0.15, -0.1) is 0 Å². The van der Waals surface area contributed by atoms with Crippen molar-refractivity contribution in [1.29, 1.82) is 0 Å². The Bertz CT molecular complexity index is 1640. The summed E-state index contributed by atoms with van der Waals surface area (Å²) >= 11 is 0. The van der Waals surface area contributed by atoms with Crippen molar-refractivity contribution in [2.24, 2.45) is 0 Å². The van der Waals surface area contributed by atoms with E-state index in [1.54, 1.807) is 29.4 Å². The number of benzene rings is 1. The molecule has 1 saturated heterocycles. The minimum absolute atomic E-state index is 0.0397. The average molecular weight is 543 g/mol. The molecule has 0 atom stereocenters. The van der Waals surface area contributed by atoms with Gasteiger partial charge in [0.2, 0.25) is 11.9 Å². The number of methoxy groups -OCH3 is 1. The summed E-state index contributed by atoms with van der Waals surface area (Å²) in [5.74, 6) is -0.298.